The Bertz CT molecular complexity index is 1100. The predicted octanol–water partition coefficient (Wildman–Crippen LogP) is 4.80. The predicted molar refractivity (Wildman–Crippen MR) is 125 cm³/mol. The summed E-state index contributed by atoms with van der Waals surface area (Å²) in [4.78, 5) is 40.9. The molecule has 2 aromatic carbocycles. The molecule has 2 aliphatic rings. The van der Waals surface area contributed by atoms with Gasteiger partial charge in [-0.2, -0.15) is 0 Å². The van der Waals surface area contributed by atoms with Crippen LogP contribution in [0.15, 0.2) is 47.4 Å². The van der Waals surface area contributed by atoms with Crippen LogP contribution in [0.25, 0.3) is 6.08 Å². The molecule has 2 aliphatic heterocycles. The number of hydrogen-bond acceptors (Lipinski definition) is 5. The maximum absolute atomic E-state index is 13.3. The van der Waals surface area contributed by atoms with Gasteiger partial charge in [0.1, 0.15) is 12.4 Å². The fraction of sp³-hybridized carbons (Fsp3) is 0.292. The first-order chi connectivity index (χ1) is 15.4. The number of amides is 3. The highest BCUT2D eigenvalue weighted by Crippen LogP contribution is 2.33. The Balaban J connectivity index is 1.44. The number of imide groups is 1. The Morgan fingerprint density at radius 3 is 2.62 bits per heavy atom. The Morgan fingerprint density at radius 2 is 1.91 bits per heavy atom. The number of aryl methyl sites for hydroxylation is 1. The number of hydrogen-bond donors (Lipinski definition) is 1. The number of piperidine rings is 1. The van der Waals surface area contributed by atoms with E-state index in [0.717, 1.165) is 40.9 Å². The van der Waals surface area contributed by atoms with Crippen molar-refractivity contribution < 1.29 is 18.8 Å². The molecule has 2 fully saturated rings. The number of thioether (sulfide) groups is 1. The molecule has 32 heavy (non-hydrogen) atoms. The van der Waals surface area contributed by atoms with Crippen LogP contribution in [0.3, 0.4) is 0 Å². The SMILES string of the molecule is Cc1cc(N2CCCCC2)ccc1/C=C1/SC(=O)N(CC(=O)Nc2cccc(F)c2)C1=O. The highest BCUT2D eigenvalue weighted by atomic mass is 32.2. The summed E-state index contributed by atoms with van der Waals surface area (Å²) in [7, 11) is 0. The second-order valence-corrected chi connectivity index (χ2v) is 8.91. The van der Waals surface area contributed by atoms with Crippen molar-refractivity contribution in [2.24, 2.45) is 0 Å². The van der Waals surface area contributed by atoms with Gasteiger partial charge in [0.2, 0.25) is 5.91 Å². The zero-order chi connectivity index (χ0) is 22.7. The molecule has 0 radical (unpaired) electrons. The molecule has 0 unspecified atom stereocenters. The van der Waals surface area contributed by atoms with Gasteiger partial charge >= 0.3 is 0 Å². The molecular formula is C24H24FN3O3S. The molecular weight excluding hydrogens is 429 g/mol. The standard InChI is InChI=1S/C24H24FN3O3S/c1-16-12-20(27-10-3-2-4-11-27)9-8-17(16)13-21-23(30)28(24(31)32-21)15-22(29)26-19-7-5-6-18(25)14-19/h5-9,12-14H,2-4,10-11,15H2,1H3,(H,26,29)/b21-13+. The second kappa shape index (κ2) is 9.56. The van der Waals surface area contributed by atoms with Crippen LogP contribution in [-0.4, -0.2) is 41.6 Å². The van der Waals surface area contributed by atoms with Crippen LogP contribution in [0, 0.1) is 12.7 Å². The molecule has 8 heteroatoms. The summed E-state index contributed by atoms with van der Waals surface area (Å²) in [5, 5.41) is 2.00. The van der Waals surface area contributed by atoms with E-state index in [0.29, 0.717) is 0 Å². The van der Waals surface area contributed by atoms with Gasteiger partial charge in [-0.05, 0) is 85.5 Å². The fourth-order valence-electron chi connectivity index (χ4n) is 3.86. The number of carbonyl (C=O) groups excluding carboxylic acids is 3. The van der Waals surface area contributed by atoms with Crippen molar-refractivity contribution in [2.75, 3.05) is 29.9 Å². The van der Waals surface area contributed by atoms with Crippen molar-refractivity contribution >= 4 is 46.3 Å². The quantitative estimate of drug-likeness (QED) is 0.659. The van der Waals surface area contributed by atoms with E-state index < -0.39 is 29.4 Å². The molecule has 2 heterocycles. The van der Waals surface area contributed by atoms with Crippen LogP contribution in [0.5, 0.6) is 0 Å². The van der Waals surface area contributed by atoms with Crippen molar-refractivity contribution in [3.63, 3.8) is 0 Å². The lowest BCUT2D eigenvalue weighted by molar-refractivity contribution is -0.127. The lowest BCUT2D eigenvalue weighted by Gasteiger charge is -2.29. The van der Waals surface area contributed by atoms with Crippen LogP contribution < -0.4 is 10.2 Å². The minimum Gasteiger partial charge on any atom is -0.372 e. The molecule has 1 N–H and O–H groups in total. The maximum atomic E-state index is 13.3. The Kier molecular flexibility index (Phi) is 6.60. The normalized spacial score (nSPS) is 17.9. The number of nitrogens with one attached hydrogen (secondary N) is 1. The molecule has 0 bridgehead atoms. The van der Waals surface area contributed by atoms with E-state index in [9.17, 15) is 18.8 Å². The summed E-state index contributed by atoms with van der Waals surface area (Å²) in [5.74, 6) is -1.56. The molecule has 6 nitrogen and oxygen atoms in total. The average Bonchev–Trinajstić information content (AvgIpc) is 3.03. The molecule has 2 aromatic rings. The molecule has 0 atom stereocenters. The van der Waals surface area contributed by atoms with Gasteiger partial charge in [0.05, 0.1) is 4.91 Å². The summed E-state index contributed by atoms with van der Waals surface area (Å²) in [5.41, 5.74) is 3.31. The molecule has 0 saturated carbocycles. The largest absolute Gasteiger partial charge is 0.372 e. The number of anilines is 2. The number of rotatable bonds is 5. The van der Waals surface area contributed by atoms with E-state index >= 15 is 0 Å². The van der Waals surface area contributed by atoms with Crippen LogP contribution >= 0.6 is 11.8 Å². The van der Waals surface area contributed by atoms with E-state index in [4.69, 9.17) is 0 Å². The fourth-order valence-corrected chi connectivity index (χ4v) is 4.69. The van der Waals surface area contributed by atoms with E-state index in [1.807, 2.05) is 19.1 Å². The number of halogens is 1. The first-order valence-corrected chi connectivity index (χ1v) is 11.4. The zero-order valence-electron chi connectivity index (χ0n) is 17.8. The minimum absolute atomic E-state index is 0.266. The average molecular weight is 454 g/mol. The topological polar surface area (TPSA) is 69.7 Å². The zero-order valence-corrected chi connectivity index (χ0v) is 18.6. The first kappa shape index (κ1) is 22.1. The van der Waals surface area contributed by atoms with E-state index in [1.165, 1.54) is 49.2 Å². The van der Waals surface area contributed by atoms with Crippen molar-refractivity contribution in [3.05, 3.63) is 64.3 Å². The summed E-state index contributed by atoms with van der Waals surface area (Å²) < 4.78 is 13.3. The first-order valence-electron chi connectivity index (χ1n) is 10.6. The van der Waals surface area contributed by atoms with Crippen molar-refractivity contribution in [3.8, 4) is 0 Å². The molecule has 0 spiro atoms. The minimum atomic E-state index is -0.568. The van der Waals surface area contributed by atoms with Gasteiger partial charge in [-0.25, -0.2) is 4.39 Å². The van der Waals surface area contributed by atoms with Gasteiger partial charge in [0, 0.05) is 24.5 Å². The molecule has 0 aromatic heterocycles. The summed E-state index contributed by atoms with van der Waals surface area (Å²) >= 11 is 0.816. The third kappa shape index (κ3) is 5.02. The van der Waals surface area contributed by atoms with Crippen LogP contribution in [-0.2, 0) is 9.59 Å². The number of nitrogens with zero attached hydrogens (tertiary/aromatic N) is 2. The van der Waals surface area contributed by atoms with Gasteiger partial charge in [0.15, 0.2) is 0 Å². The van der Waals surface area contributed by atoms with Gasteiger partial charge in [-0.1, -0.05) is 12.1 Å². The number of carbonyl (C=O) groups is 3. The van der Waals surface area contributed by atoms with Gasteiger partial charge < -0.3 is 10.2 Å². The third-order valence-corrected chi connectivity index (χ3v) is 6.45. The summed E-state index contributed by atoms with van der Waals surface area (Å²) in [6.07, 6.45) is 5.36. The summed E-state index contributed by atoms with van der Waals surface area (Å²) in [6, 6.07) is 11.5. The van der Waals surface area contributed by atoms with E-state index in [1.54, 1.807) is 6.08 Å². The Hall–Kier alpha value is -3.13. The Labute approximate surface area is 190 Å². The third-order valence-electron chi connectivity index (χ3n) is 5.54. The Morgan fingerprint density at radius 1 is 1.12 bits per heavy atom. The van der Waals surface area contributed by atoms with Crippen molar-refractivity contribution in [1.29, 1.82) is 0 Å². The molecule has 166 valence electrons. The van der Waals surface area contributed by atoms with E-state index in [-0.39, 0.29) is 10.6 Å². The molecule has 4 rings (SSSR count). The molecule has 3 amide bonds. The number of benzene rings is 2. The monoisotopic (exact) mass is 453 g/mol. The smallest absolute Gasteiger partial charge is 0.294 e. The lowest BCUT2D eigenvalue weighted by Crippen LogP contribution is -2.36. The van der Waals surface area contributed by atoms with Crippen LogP contribution in [0.4, 0.5) is 20.6 Å². The van der Waals surface area contributed by atoms with Gasteiger partial charge in [-0.3, -0.25) is 19.3 Å². The van der Waals surface area contributed by atoms with Crippen molar-refractivity contribution in [1.82, 2.24) is 4.90 Å². The van der Waals surface area contributed by atoms with Crippen LogP contribution in [0.1, 0.15) is 30.4 Å². The lowest BCUT2D eigenvalue weighted by atomic mass is 10.0. The summed E-state index contributed by atoms with van der Waals surface area (Å²) in [6.45, 7) is 3.66. The van der Waals surface area contributed by atoms with Gasteiger partial charge in [-0.15, -0.1) is 0 Å². The molecule has 2 saturated heterocycles. The van der Waals surface area contributed by atoms with E-state index in [2.05, 4.69) is 16.3 Å². The maximum Gasteiger partial charge on any atom is 0.294 e. The highest BCUT2D eigenvalue weighted by Gasteiger charge is 2.36. The van der Waals surface area contributed by atoms with Crippen LogP contribution in [0.2, 0.25) is 0 Å². The van der Waals surface area contributed by atoms with Gasteiger partial charge in [0.25, 0.3) is 11.1 Å². The second-order valence-electron chi connectivity index (χ2n) is 7.91. The highest BCUT2D eigenvalue weighted by molar-refractivity contribution is 8.18. The van der Waals surface area contributed by atoms with Crippen molar-refractivity contribution in [2.45, 2.75) is 26.2 Å². The molecule has 0 aliphatic carbocycles.